The number of ether oxygens (including phenoxy) is 2. The first-order valence-corrected chi connectivity index (χ1v) is 16.7. The van der Waals surface area contributed by atoms with Crippen LogP contribution in [-0.2, 0) is 32.4 Å². The van der Waals surface area contributed by atoms with Gasteiger partial charge in [0.25, 0.3) is 0 Å². The van der Waals surface area contributed by atoms with Crippen molar-refractivity contribution in [3.63, 3.8) is 0 Å². The number of hydrogen-bond donors (Lipinski definition) is 3. The Morgan fingerprint density at radius 3 is 1.76 bits per heavy atom. The molecule has 0 saturated heterocycles. The van der Waals surface area contributed by atoms with Crippen LogP contribution in [0.15, 0.2) is 29.3 Å². The van der Waals surface area contributed by atoms with Gasteiger partial charge in [0.2, 0.25) is 11.4 Å². The largest absolute Gasteiger partial charge is 0.534 e. The number of amides is 2. The fraction of sp³-hybridized carbons (Fsp3) is 0.636. The van der Waals surface area contributed by atoms with Crippen molar-refractivity contribution in [2.24, 2.45) is 0 Å². The van der Waals surface area contributed by atoms with E-state index in [4.69, 9.17) is 9.47 Å². The molecule has 2 aliphatic carbocycles. The molecule has 0 bridgehead atoms. The molecule has 2 heterocycles. The van der Waals surface area contributed by atoms with Crippen molar-refractivity contribution >= 4 is 22.3 Å². The maximum atomic E-state index is 12.5. The minimum atomic E-state index is -5.79. The van der Waals surface area contributed by atoms with Crippen molar-refractivity contribution in [2.45, 2.75) is 137 Å². The van der Waals surface area contributed by atoms with E-state index >= 15 is 0 Å². The van der Waals surface area contributed by atoms with Gasteiger partial charge in [-0.15, -0.1) is 0 Å². The summed E-state index contributed by atoms with van der Waals surface area (Å²) >= 11 is 0. The summed E-state index contributed by atoms with van der Waals surface area (Å²) in [6.07, 6.45) is 8.25. The Morgan fingerprint density at radius 2 is 1.29 bits per heavy atom. The summed E-state index contributed by atoms with van der Waals surface area (Å²) < 4.78 is 74.3. The van der Waals surface area contributed by atoms with Crippen molar-refractivity contribution in [2.75, 3.05) is 0 Å². The summed E-state index contributed by atoms with van der Waals surface area (Å²) in [5.74, 6) is -0.663. The number of alkyl halides is 3. The van der Waals surface area contributed by atoms with E-state index < -0.39 is 50.9 Å². The van der Waals surface area contributed by atoms with Gasteiger partial charge < -0.3 is 29.3 Å². The lowest BCUT2D eigenvalue weighted by Gasteiger charge is -2.24. The lowest BCUT2D eigenvalue weighted by molar-refractivity contribution is -0.0501. The summed E-state index contributed by atoms with van der Waals surface area (Å²) in [7, 11) is -5.79. The third-order valence-corrected chi connectivity index (χ3v) is 7.99. The van der Waals surface area contributed by atoms with Crippen molar-refractivity contribution in [3.05, 3.63) is 57.1 Å². The van der Waals surface area contributed by atoms with Crippen molar-refractivity contribution in [1.29, 1.82) is 0 Å². The SMILES string of the molecule is C.C.CC(C)(C)OC(=O)NC1CCCCc2cc(=O)[nH]cc21.CC(C)(C)OC(=O)NC1CCCCc2cc(OS(=O)(=O)C(F)(F)F)ncc21. The number of carbonyl (C=O) groups excluding carboxylic acids is 2. The van der Waals surface area contributed by atoms with Gasteiger partial charge in [-0.05, 0) is 102 Å². The number of fused-ring (bicyclic) bond motifs is 2. The molecule has 2 aromatic heterocycles. The Hall–Kier alpha value is -3.82. The molecule has 0 fully saturated rings. The van der Waals surface area contributed by atoms with E-state index in [1.54, 1.807) is 33.0 Å². The van der Waals surface area contributed by atoms with E-state index in [-0.39, 0.29) is 26.5 Å². The predicted molar refractivity (Wildman–Crippen MR) is 180 cm³/mol. The maximum Gasteiger partial charge on any atom is 0.534 e. The van der Waals surface area contributed by atoms with E-state index in [1.165, 1.54) is 6.20 Å². The number of halogens is 3. The van der Waals surface area contributed by atoms with Gasteiger partial charge in [-0.3, -0.25) is 4.79 Å². The number of aromatic nitrogens is 2. The number of aryl methyl sites for hydroxylation is 2. The predicted octanol–water partition coefficient (Wildman–Crippen LogP) is 7.54. The smallest absolute Gasteiger partial charge is 0.444 e. The van der Waals surface area contributed by atoms with Gasteiger partial charge >= 0.3 is 27.8 Å². The second-order valence-electron chi connectivity index (χ2n) is 13.4. The molecule has 49 heavy (non-hydrogen) atoms. The molecular formula is C33H51F3N4O8S. The summed E-state index contributed by atoms with van der Waals surface area (Å²) in [5, 5.41) is 5.63. The molecule has 278 valence electrons. The normalized spacial score (nSPS) is 17.7. The van der Waals surface area contributed by atoms with Crippen LogP contribution in [0.2, 0.25) is 0 Å². The topological polar surface area (TPSA) is 166 Å². The molecule has 16 heteroatoms. The van der Waals surface area contributed by atoms with Crippen LogP contribution in [0.5, 0.6) is 5.88 Å². The number of nitrogens with one attached hydrogen (secondary N) is 3. The third-order valence-electron chi connectivity index (χ3n) is 7.03. The van der Waals surface area contributed by atoms with Crippen LogP contribution in [-0.4, -0.2) is 47.3 Å². The number of carbonyl (C=O) groups is 2. The molecule has 0 saturated carbocycles. The minimum Gasteiger partial charge on any atom is -0.444 e. The van der Waals surface area contributed by atoms with Crippen molar-refractivity contribution in [1.82, 2.24) is 20.6 Å². The number of hydrogen-bond acceptors (Lipinski definition) is 9. The fourth-order valence-corrected chi connectivity index (χ4v) is 5.54. The highest BCUT2D eigenvalue weighted by Crippen LogP contribution is 2.32. The van der Waals surface area contributed by atoms with Gasteiger partial charge in [-0.25, -0.2) is 14.6 Å². The van der Waals surface area contributed by atoms with Crippen molar-refractivity contribution < 1.29 is 44.8 Å². The maximum absolute atomic E-state index is 12.5. The molecule has 2 atom stereocenters. The Balaban J connectivity index is 0.000000489. The lowest BCUT2D eigenvalue weighted by Crippen LogP contribution is -2.35. The van der Waals surface area contributed by atoms with Gasteiger partial charge in [-0.1, -0.05) is 27.7 Å². The molecule has 4 rings (SSSR count). The summed E-state index contributed by atoms with van der Waals surface area (Å²) in [6, 6.07) is 2.25. The van der Waals surface area contributed by atoms with Crippen LogP contribution >= 0.6 is 0 Å². The first-order valence-electron chi connectivity index (χ1n) is 15.3. The van der Waals surface area contributed by atoms with Crippen LogP contribution in [0, 0.1) is 0 Å². The molecule has 2 unspecified atom stereocenters. The molecule has 0 spiro atoms. The van der Waals surface area contributed by atoms with Crippen LogP contribution in [0.4, 0.5) is 22.8 Å². The Morgan fingerprint density at radius 1 is 0.816 bits per heavy atom. The molecule has 0 aromatic carbocycles. The Kier molecular flexibility index (Phi) is 15.2. The van der Waals surface area contributed by atoms with Gasteiger partial charge in [0.15, 0.2) is 0 Å². The second-order valence-corrected chi connectivity index (χ2v) is 14.9. The van der Waals surface area contributed by atoms with Gasteiger partial charge in [0.05, 0.1) is 12.1 Å². The molecule has 2 aliphatic rings. The second kappa shape index (κ2) is 17.2. The highest BCUT2D eigenvalue weighted by Gasteiger charge is 2.49. The highest BCUT2D eigenvalue weighted by molar-refractivity contribution is 7.87. The van der Waals surface area contributed by atoms with Crippen LogP contribution in [0.1, 0.15) is 129 Å². The van der Waals surface area contributed by atoms with E-state index in [9.17, 15) is 36.0 Å². The first kappa shape index (κ1) is 43.2. The van der Waals surface area contributed by atoms with Crippen LogP contribution in [0.3, 0.4) is 0 Å². The summed E-state index contributed by atoms with van der Waals surface area (Å²) in [4.78, 5) is 41.7. The van der Waals surface area contributed by atoms with E-state index in [1.807, 2.05) is 20.8 Å². The standard InChI is InChI=1S/C16H21F3N2O5S.C15H22N2O3.2CH4/c1-15(2,3)25-14(22)21-12-7-5-4-6-10-8-13(20-9-11(10)12)26-27(23,24)16(17,18)19;1-15(2,3)20-14(19)17-12-7-5-4-6-10-8-13(18)16-9-11(10)12;;/h8-9,12H,4-7H2,1-3H3,(H,21,22);8-9,12H,4-7H2,1-3H3,(H,16,18)(H,17,19);2*1H4. The molecule has 0 radical (unpaired) electrons. The Labute approximate surface area is 287 Å². The number of H-pyrrole nitrogens is 1. The Bertz CT molecular complexity index is 1580. The average molecular weight is 721 g/mol. The van der Waals surface area contributed by atoms with E-state index in [2.05, 4.69) is 24.8 Å². The zero-order chi connectivity index (χ0) is 35.2. The molecule has 3 N–H and O–H groups in total. The number of nitrogens with zero attached hydrogens (tertiary/aromatic N) is 1. The van der Waals surface area contributed by atoms with Gasteiger partial charge in [0.1, 0.15) is 11.2 Å². The fourth-order valence-electron chi connectivity index (χ4n) is 5.13. The van der Waals surface area contributed by atoms with Gasteiger partial charge in [-0.2, -0.15) is 21.6 Å². The van der Waals surface area contributed by atoms with Crippen LogP contribution < -0.4 is 20.4 Å². The quantitative estimate of drug-likeness (QED) is 0.164. The van der Waals surface area contributed by atoms with Crippen molar-refractivity contribution in [3.8, 4) is 5.88 Å². The first-order chi connectivity index (χ1) is 21.6. The average Bonchev–Trinajstić information content (AvgIpc) is 3.21. The molecular weight excluding hydrogens is 669 g/mol. The zero-order valence-corrected chi connectivity index (χ0v) is 28.2. The highest BCUT2D eigenvalue weighted by atomic mass is 32.2. The van der Waals surface area contributed by atoms with Gasteiger partial charge in [0, 0.05) is 24.5 Å². The summed E-state index contributed by atoms with van der Waals surface area (Å²) in [5.41, 5.74) is -3.65. The molecule has 0 aliphatic heterocycles. The molecule has 2 aromatic rings. The molecule has 2 amide bonds. The number of alkyl carbamates (subject to hydrolysis) is 2. The lowest BCUT2D eigenvalue weighted by atomic mass is 10.0. The monoisotopic (exact) mass is 720 g/mol. The summed E-state index contributed by atoms with van der Waals surface area (Å²) in [6.45, 7) is 10.7. The number of aromatic amines is 1. The van der Waals surface area contributed by atoms with E-state index in [0.29, 0.717) is 24.0 Å². The number of rotatable bonds is 4. The number of pyridine rings is 2. The van der Waals surface area contributed by atoms with Crippen LogP contribution in [0.25, 0.3) is 0 Å². The minimum absolute atomic E-state index is 0. The van der Waals surface area contributed by atoms with E-state index in [0.717, 1.165) is 55.7 Å². The zero-order valence-electron chi connectivity index (χ0n) is 27.4. The third kappa shape index (κ3) is 13.5. The molecule has 12 nitrogen and oxygen atoms in total.